The lowest BCUT2D eigenvalue weighted by molar-refractivity contribution is -0.137. The predicted octanol–water partition coefficient (Wildman–Crippen LogP) is 1.57. The first-order chi connectivity index (χ1) is 7.17. The third-order valence-corrected chi connectivity index (χ3v) is 3.37. The third kappa shape index (κ3) is 3.36. The van der Waals surface area contributed by atoms with Gasteiger partial charge >= 0.3 is 5.97 Å². The summed E-state index contributed by atoms with van der Waals surface area (Å²) >= 11 is 1.54. The molecule has 5 heteroatoms. The van der Waals surface area contributed by atoms with E-state index in [-0.39, 0.29) is 6.42 Å². The van der Waals surface area contributed by atoms with Gasteiger partial charge in [0.05, 0.1) is 12.5 Å². The van der Waals surface area contributed by atoms with Crippen LogP contribution in [0.2, 0.25) is 0 Å². The molecule has 1 heterocycles. The van der Waals surface area contributed by atoms with Crippen molar-refractivity contribution in [3.8, 4) is 0 Å². The third-order valence-electron chi connectivity index (χ3n) is 2.02. The maximum absolute atomic E-state index is 10.6. The number of nitrogens with one attached hydrogen (secondary N) is 1. The molecule has 0 aliphatic heterocycles. The Morgan fingerprint density at radius 1 is 1.67 bits per heavy atom. The van der Waals surface area contributed by atoms with Crippen molar-refractivity contribution >= 4 is 23.7 Å². The number of carboxylic acids is 1. The van der Waals surface area contributed by atoms with Crippen LogP contribution in [0.25, 0.3) is 0 Å². The first kappa shape index (κ1) is 11.7. The molecule has 0 aliphatic rings. The van der Waals surface area contributed by atoms with E-state index >= 15 is 0 Å². The Hall–Kier alpha value is -1.36. The Bertz CT molecular complexity index is 348. The lowest BCUT2D eigenvalue weighted by Gasteiger charge is -2.11. The topological polar surface area (TPSA) is 66.4 Å². The Kier molecular flexibility index (Phi) is 4.30. The van der Waals surface area contributed by atoms with Crippen molar-refractivity contribution in [1.82, 2.24) is 5.32 Å². The molecule has 1 aromatic heterocycles. The number of rotatable bonds is 6. The lowest BCUT2D eigenvalue weighted by Crippen LogP contribution is -2.21. The minimum atomic E-state index is -0.916. The zero-order valence-corrected chi connectivity index (χ0v) is 9.21. The molecule has 0 spiro atoms. The number of aryl methyl sites for hydroxylation is 1. The van der Waals surface area contributed by atoms with Crippen molar-refractivity contribution in [3.05, 3.63) is 21.9 Å². The number of thiophene rings is 1. The summed E-state index contributed by atoms with van der Waals surface area (Å²) in [6.45, 7) is 2.04. The van der Waals surface area contributed by atoms with Gasteiger partial charge in [0.25, 0.3) is 0 Å². The molecule has 1 amide bonds. The largest absolute Gasteiger partial charge is 0.481 e. The summed E-state index contributed by atoms with van der Waals surface area (Å²) in [5, 5.41) is 11.2. The summed E-state index contributed by atoms with van der Waals surface area (Å²) in [7, 11) is 0. The highest BCUT2D eigenvalue weighted by atomic mass is 32.1. The number of carbonyl (C=O) groups is 2. The minimum absolute atomic E-state index is 0.0809. The van der Waals surface area contributed by atoms with Crippen molar-refractivity contribution in [2.75, 3.05) is 0 Å². The summed E-state index contributed by atoms with van der Waals surface area (Å²) in [6.07, 6.45) is 1.38. The molecule has 0 unspecified atom stereocenters. The summed E-state index contributed by atoms with van der Waals surface area (Å²) in [5.74, 6) is -0.916. The minimum Gasteiger partial charge on any atom is -0.481 e. The molecule has 0 fully saturated rings. The lowest BCUT2D eigenvalue weighted by atomic mass is 10.2. The fraction of sp³-hybridized carbons (Fsp3) is 0.400. The van der Waals surface area contributed by atoms with Crippen LogP contribution in [0, 0.1) is 0 Å². The van der Waals surface area contributed by atoms with Crippen LogP contribution < -0.4 is 5.32 Å². The number of carbonyl (C=O) groups excluding carboxylic acids is 1. The highest BCUT2D eigenvalue weighted by Gasteiger charge is 2.16. The molecule has 1 aromatic rings. The summed E-state index contributed by atoms with van der Waals surface area (Å²) in [5.41, 5.74) is 0. The van der Waals surface area contributed by atoms with Crippen LogP contribution in [0.5, 0.6) is 0 Å². The molecule has 15 heavy (non-hydrogen) atoms. The summed E-state index contributed by atoms with van der Waals surface area (Å²) in [6, 6.07) is 3.42. The number of carboxylic acid groups (broad SMARTS) is 1. The van der Waals surface area contributed by atoms with Crippen LogP contribution in [0.15, 0.2) is 12.1 Å². The first-order valence-corrected chi connectivity index (χ1v) is 5.49. The molecule has 0 bridgehead atoms. The zero-order chi connectivity index (χ0) is 11.3. The van der Waals surface area contributed by atoms with E-state index in [1.807, 2.05) is 19.1 Å². The van der Waals surface area contributed by atoms with E-state index in [1.54, 1.807) is 0 Å². The normalized spacial score (nSPS) is 12.1. The Balaban J connectivity index is 2.77. The second-order valence-electron chi connectivity index (χ2n) is 3.09. The van der Waals surface area contributed by atoms with Gasteiger partial charge in [-0.2, -0.15) is 0 Å². The molecule has 0 radical (unpaired) electrons. The number of amides is 1. The molecule has 0 saturated heterocycles. The first-order valence-electron chi connectivity index (χ1n) is 4.67. The second kappa shape index (κ2) is 5.50. The van der Waals surface area contributed by atoms with Crippen LogP contribution >= 0.6 is 11.3 Å². The van der Waals surface area contributed by atoms with E-state index in [0.29, 0.717) is 6.41 Å². The highest BCUT2D eigenvalue weighted by molar-refractivity contribution is 7.12. The van der Waals surface area contributed by atoms with Gasteiger partial charge in [0.15, 0.2) is 0 Å². The molecule has 2 N–H and O–H groups in total. The number of aliphatic carboxylic acids is 1. The van der Waals surface area contributed by atoms with E-state index in [4.69, 9.17) is 5.11 Å². The molecule has 0 aliphatic carbocycles. The molecule has 1 atom stereocenters. The van der Waals surface area contributed by atoms with Crippen molar-refractivity contribution in [3.63, 3.8) is 0 Å². The summed E-state index contributed by atoms with van der Waals surface area (Å²) < 4.78 is 0. The van der Waals surface area contributed by atoms with Gasteiger partial charge in [-0.05, 0) is 18.6 Å². The standard InChI is InChI=1S/C10H13NO3S/c1-2-7-3-4-9(15-7)8(11-6-12)5-10(13)14/h3-4,6,8H,2,5H2,1H3,(H,11,12)(H,13,14)/t8-/m0/s1. The van der Waals surface area contributed by atoms with Crippen molar-refractivity contribution in [1.29, 1.82) is 0 Å². The van der Waals surface area contributed by atoms with E-state index in [1.165, 1.54) is 16.2 Å². The van der Waals surface area contributed by atoms with E-state index in [9.17, 15) is 9.59 Å². The van der Waals surface area contributed by atoms with Crippen molar-refractivity contribution in [2.24, 2.45) is 0 Å². The molecule has 4 nitrogen and oxygen atoms in total. The predicted molar refractivity (Wildman–Crippen MR) is 57.9 cm³/mol. The number of hydrogen-bond acceptors (Lipinski definition) is 3. The van der Waals surface area contributed by atoms with Gasteiger partial charge in [-0.1, -0.05) is 6.92 Å². The zero-order valence-electron chi connectivity index (χ0n) is 8.40. The SMILES string of the molecule is CCc1ccc([C@H](CC(=O)O)NC=O)s1. The van der Waals surface area contributed by atoms with E-state index in [0.717, 1.165) is 11.3 Å². The highest BCUT2D eigenvalue weighted by Crippen LogP contribution is 2.25. The molecule has 82 valence electrons. The quantitative estimate of drug-likeness (QED) is 0.725. The molecular weight excluding hydrogens is 214 g/mol. The van der Waals surface area contributed by atoms with Crippen LogP contribution in [-0.2, 0) is 16.0 Å². The smallest absolute Gasteiger partial charge is 0.305 e. The van der Waals surface area contributed by atoms with Gasteiger partial charge in [-0.25, -0.2) is 0 Å². The Labute approximate surface area is 91.9 Å². The molecular formula is C10H13NO3S. The maximum atomic E-state index is 10.6. The van der Waals surface area contributed by atoms with Crippen LogP contribution in [0.3, 0.4) is 0 Å². The monoisotopic (exact) mass is 227 g/mol. The maximum Gasteiger partial charge on any atom is 0.305 e. The van der Waals surface area contributed by atoms with E-state index < -0.39 is 12.0 Å². The molecule has 1 rings (SSSR count). The Morgan fingerprint density at radius 3 is 2.87 bits per heavy atom. The Morgan fingerprint density at radius 2 is 2.40 bits per heavy atom. The average Bonchev–Trinajstić information content (AvgIpc) is 2.64. The summed E-state index contributed by atoms with van der Waals surface area (Å²) in [4.78, 5) is 23.0. The number of hydrogen-bond donors (Lipinski definition) is 2. The average molecular weight is 227 g/mol. The van der Waals surface area contributed by atoms with Gasteiger partial charge in [0, 0.05) is 9.75 Å². The van der Waals surface area contributed by atoms with Crippen LogP contribution in [0.4, 0.5) is 0 Å². The molecule has 0 aromatic carbocycles. The van der Waals surface area contributed by atoms with Crippen molar-refractivity contribution < 1.29 is 14.7 Å². The van der Waals surface area contributed by atoms with Gasteiger partial charge in [0.1, 0.15) is 0 Å². The fourth-order valence-electron chi connectivity index (χ4n) is 1.27. The van der Waals surface area contributed by atoms with Crippen LogP contribution in [0.1, 0.15) is 29.1 Å². The van der Waals surface area contributed by atoms with Crippen LogP contribution in [-0.4, -0.2) is 17.5 Å². The van der Waals surface area contributed by atoms with Gasteiger partial charge in [0.2, 0.25) is 6.41 Å². The van der Waals surface area contributed by atoms with Gasteiger partial charge < -0.3 is 10.4 Å². The van der Waals surface area contributed by atoms with Gasteiger partial charge in [-0.15, -0.1) is 11.3 Å². The fourth-order valence-corrected chi connectivity index (χ4v) is 2.28. The molecule has 0 saturated carbocycles. The van der Waals surface area contributed by atoms with Crippen molar-refractivity contribution in [2.45, 2.75) is 25.8 Å². The van der Waals surface area contributed by atoms with E-state index in [2.05, 4.69) is 5.32 Å². The second-order valence-corrected chi connectivity index (χ2v) is 4.29. The van der Waals surface area contributed by atoms with Gasteiger partial charge in [-0.3, -0.25) is 9.59 Å².